The van der Waals surface area contributed by atoms with Crippen LogP contribution in [-0.4, -0.2) is 63.8 Å². The average Bonchev–Trinajstić information content (AvgIpc) is 3.20. The number of fused-ring (bicyclic) bond motifs is 1. The van der Waals surface area contributed by atoms with Crippen LogP contribution in [0.3, 0.4) is 0 Å². The molecule has 216 valence electrons. The Kier molecular flexibility index (Phi) is 9.54. The summed E-state index contributed by atoms with van der Waals surface area (Å²) in [6, 6.07) is 9.09. The number of halogens is 2. The van der Waals surface area contributed by atoms with E-state index < -0.39 is 27.4 Å². The number of carbonyl (C=O) groups excluding carboxylic acids is 3. The second-order valence-electron chi connectivity index (χ2n) is 9.60. The molecule has 2 aliphatic heterocycles. The first-order valence-electron chi connectivity index (χ1n) is 12.7. The Morgan fingerprint density at radius 1 is 1.17 bits per heavy atom. The molecule has 2 heterocycles. The van der Waals surface area contributed by atoms with Gasteiger partial charge in [-0.25, -0.2) is 8.42 Å². The molecular formula is C28H29Cl2N5O5S. The summed E-state index contributed by atoms with van der Waals surface area (Å²) >= 11 is 12.4. The second-order valence-corrected chi connectivity index (χ2v) is 12.4. The Balaban J connectivity index is 1.56. The fourth-order valence-electron chi connectivity index (χ4n) is 4.38. The molecule has 10 nitrogen and oxygen atoms in total. The zero-order valence-electron chi connectivity index (χ0n) is 22.2. The largest absolute Gasteiger partial charge is 0.360 e. The average molecular weight is 619 g/mol. The first-order valence-corrected chi connectivity index (χ1v) is 15.1. The monoisotopic (exact) mass is 617 g/mol. The number of allylic oxidation sites excluding steroid dienone is 2. The van der Waals surface area contributed by atoms with E-state index in [-0.39, 0.29) is 44.2 Å². The van der Waals surface area contributed by atoms with Crippen LogP contribution in [0.25, 0.3) is 5.57 Å². The van der Waals surface area contributed by atoms with Crippen molar-refractivity contribution in [1.82, 2.24) is 20.9 Å². The minimum Gasteiger partial charge on any atom is -0.360 e. The number of benzene rings is 2. The minimum absolute atomic E-state index is 0.0165. The number of rotatable bonds is 10. The van der Waals surface area contributed by atoms with Gasteiger partial charge in [-0.3, -0.25) is 19.3 Å². The molecule has 41 heavy (non-hydrogen) atoms. The highest BCUT2D eigenvalue weighted by atomic mass is 35.5. The van der Waals surface area contributed by atoms with E-state index in [4.69, 9.17) is 23.2 Å². The normalized spacial score (nSPS) is 16.7. The van der Waals surface area contributed by atoms with Crippen molar-refractivity contribution in [2.75, 3.05) is 38.0 Å². The number of nitrogens with one attached hydrogen (secondary N) is 4. The maximum absolute atomic E-state index is 13.3. The third-order valence-electron chi connectivity index (χ3n) is 6.32. The molecule has 0 radical (unpaired) electrons. The predicted octanol–water partition coefficient (Wildman–Crippen LogP) is 2.86. The fourth-order valence-corrected chi connectivity index (χ4v) is 6.50. The number of carbonyl (C=O) groups is 3. The summed E-state index contributed by atoms with van der Waals surface area (Å²) in [7, 11) is -3.88. The third-order valence-corrected chi connectivity index (χ3v) is 8.67. The quantitative estimate of drug-likeness (QED) is 0.301. The molecule has 0 spiro atoms. The molecule has 1 fully saturated rings. The molecule has 0 aliphatic carbocycles. The molecule has 13 heteroatoms. The highest BCUT2D eigenvalue weighted by Gasteiger charge is 2.28. The van der Waals surface area contributed by atoms with Crippen LogP contribution in [-0.2, 0) is 30.0 Å². The zero-order valence-corrected chi connectivity index (χ0v) is 24.5. The van der Waals surface area contributed by atoms with Gasteiger partial charge in [-0.1, -0.05) is 35.8 Å². The highest BCUT2D eigenvalue weighted by Crippen LogP contribution is 2.36. The van der Waals surface area contributed by atoms with Crippen LogP contribution >= 0.6 is 23.2 Å². The minimum atomic E-state index is -3.88. The Bertz CT molecular complexity index is 1570. The number of sulfone groups is 1. The van der Waals surface area contributed by atoms with E-state index in [1.807, 2.05) is 4.90 Å². The number of amides is 3. The van der Waals surface area contributed by atoms with Gasteiger partial charge in [-0.2, -0.15) is 0 Å². The van der Waals surface area contributed by atoms with Gasteiger partial charge in [0.05, 0.1) is 22.8 Å². The van der Waals surface area contributed by atoms with Crippen LogP contribution < -0.4 is 21.3 Å². The summed E-state index contributed by atoms with van der Waals surface area (Å²) in [5.74, 6) is -1.35. The van der Waals surface area contributed by atoms with Crippen molar-refractivity contribution in [2.45, 2.75) is 17.6 Å². The molecule has 0 bridgehead atoms. The van der Waals surface area contributed by atoms with E-state index in [1.165, 1.54) is 30.4 Å². The van der Waals surface area contributed by atoms with Crippen LogP contribution in [0.1, 0.15) is 18.1 Å². The van der Waals surface area contributed by atoms with Crippen LogP contribution in [0.4, 0.5) is 5.69 Å². The molecule has 3 amide bonds. The van der Waals surface area contributed by atoms with Crippen molar-refractivity contribution in [3.05, 3.63) is 87.7 Å². The number of hydrogen-bond donors (Lipinski definition) is 4. The number of anilines is 1. The molecule has 1 saturated heterocycles. The Morgan fingerprint density at radius 3 is 2.59 bits per heavy atom. The van der Waals surface area contributed by atoms with E-state index in [9.17, 15) is 22.8 Å². The molecule has 2 aromatic carbocycles. The molecule has 4 rings (SSSR count). The molecule has 0 atom stereocenters. The fraction of sp³-hybridized carbons (Fsp3) is 0.250. The van der Waals surface area contributed by atoms with E-state index in [0.29, 0.717) is 43.1 Å². The number of hydrogen-bond acceptors (Lipinski definition) is 7. The smallest absolute Gasteiger partial charge is 0.256 e. The van der Waals surface area contributed by atoms with Crippen molar-refractivity contribution in [3.8, 4) is 0 Å². The Hall–Kier alpha value is -3.64. The van der Waals surface area contributed by atoms with Crippen LogP contribution in [0.5, 0.6) is 0 Å². The predicted molar refractivity (Wildman–Crippen MR) is 159 cm³/mol. The number of piperazine rings is 1. The summed E-state index contributed by atoms with van der Waals surface area (Å²) in [4.78, 5) is 39.0. The van der Waals surface area contributed by atoms with E-state index in [0.717, 1.165) is 0 Å². The van der Waals surface area contributed by atoms with Gasteiger partial charge in [0, 0.05) is 70.5 Å². The van der Waals surface area contributed by atoms with Gasteiger partial charge in [0.2, 0.25) is 11.8 Å². The summed E-state index contributed by atoms with van der Waals surface area (Å²) in [5.41, 5.74) is 2.04. The molecule has 2 aliphatic rings. The lowest BCUT2D eigenvalue weighted by Gasteiger charge is -2.26. The molecule has 0 saturated carbocycles. The molecular weight excluding hydrogens is 589 g/mol. The maximum Gasteiger partial charge on any atom is 0.256 e. The molecule has 0 aromatic heterocycles. The van der Waals surface area contributed by atoms with Crippen molar-refractivity contribution in [1.29, 1.82) is 0 Å². The van der Waals surface area contributed by atoms with Crippen molar-refractivity contribution in [2.24, 2.45) is 0 Å². The van der Waals surface area contributed by atoms with Crippen molar-refractivity contribution < 1.29 is 22.8 Å². The SMILES string of the molecule is C=C(C)NC(/C=C1\C(=O)Nc2ccc(S(=O)(=O)Cc3c(Cl)cccc3Cl)cc21)=C/C(=O)NCCN1CCNC(=O)C1. The van der Waals surface area contributed by atoms with Gasteiger partial charge in [-0.05, 0) is 43.3 Å². The standard InChI is InChI=1S/C28H29Cl2N5O5S/c1-17(2)33-18(13-26(36)31-8-10-35-11-9-32-27(37)15-35)12-21-20-14-19(6-7-25(20)34-28(21)38)41(39,40)16-22-23(29)4-3-5-24(22)30/h3-7,12-14,33H,1,8-11,15-16H2,2H3,(H,31,36)(H,32,37)(H,34,38)/b18-13+,21-12-. The van der Waals surface area contributed by atoms with E-state index in [1.54, 1.807) is 25.1 Å². The first-order chi connectivity index (χ1) is 19.4. The third kappa shape index (κ3) is 7.76. The van der Waals surface area contributed by atoms with E-state index in [2.05, 4.69) is 27.8 Å². The lowest BCUT2D eigenvalue weighted by Crippen LogP contribution is -2.49. The molecule has 2 aromatic rings. The maximum atomic E-state index is 13.3. The van der Waals surface area contributed by atoms with Gasteiger partial charge in [-0.15, -0.1) is 0 Å². The van der Waals surface area contributed by atoms with Gasteiger partial charge in [0.15, 0.2) is 9.84 Å². The first kappa shape index (κ1) is 30.3. The lowest BCUT2D eigenvalue weighted by atomic mass is 10.1. The van der Waals surface area contributed by atoms with Gasteiger partial charge in [0.1, 0.15) is 0 Å². The summed E-state index contributed by atoms with van der Waals surface area (Å²) in [6.45, 7) is 7.86. The van der Waals surface area contributed by atoms with Crippen LogP contribution in [0.15, 0.2) is 71.4 Å². The topological polar surface area (TPSA) is 137 Å². The molecule has 0 unspecified atom stereocenters. The Labute approximate surface area is 248 Å². The van der Waals surface area contributed by atoms with Crippen molar-refractivity contribution >= 4 is 62.0 Å². The van der Waals surface area contributed by atoms with Crippen molar-refractivity contribution in [3.63, 3.8) is 0 Å². The van der Waals surface area contributed by atoms with Gasteiger partial charge < -0.3 is 21.3 Å². The molecule has 4 N–H and O–H groups in total. The summed E-state index contributed by atoms with van der Waals surface area (Å²) in [6.07, 6.45) is 2.75. The highest BCUT2D eigenvalue weighted by molar-refractivity contribution is 7.90. The van der Waals surface area contributed by atoms with Crippen LogP contribution in [0, 0.1) is 0 Å². The van der Waals surface area contributed by atoms with Crippen LogP contribution in [0.2, 0.25) is 10.0 Å². The number of nitrogens with zero attached hydrogens (tertiary/aromatic N) is 1. The van der Waals surface area contributed by atoms with Gasteiger partial charge >= 0.3 is 0 Å². The summed E-state index contributed by atoms with van der Waals surface area (Å²) < 4.78 is 26.6. The second kappa shape index (κ2) is 12.9. The summed E-state index contributed by atoms with van der Waals surface area (Å²) in [5, 5.41) is 11.7. The Morgan fingerprint density at radius 2 is 1.90 bits per heavy atom. The zero-order chi connectivity index (χ0) is 29.7. The van der Waals surface area contributed by atoms with E-state index >= 15 is 0 Å². The lowest BCUT2D eigenvalue weighted by molar-refractivity contribution is -0.124. The van der Waals surface area contributed by atoms with Gasteiger partial charge in [0.25, 0.3) is 5.91 Å².